The predicted octanol–water partition coefficient (Wildman–Crippen LogP) is 6.49. The highest BCUT2D eigenvalue weighted by atomic mass is 79.9. The maximum Gasteiger partial charge on any atom is 0.291 e. The number of furan rings is 1. The molecule has 4 rings (SSSR count). The Hall–Kier alpha value is -1.89. The van der Waals surface area contributed by atoms with E-state index in [-0.39, 0.29) is 11.9 Å². The van der Waals surface area contributed by atoms with Crippen LogP contribution in [0.2, 0.25) is 0 Å². The summed E-state index contributed by atoms with van der Waals surface area (Å²) in [5.41, 5.74) is 2.39. The third-order valence-electron chi connectivity index (χ3n) is 5.50. The second-order valence-electron chi connectivity index (χ2n) is 7.75. The Morgan fingerprint density at radius 2 is 2.03 bits per heavy atom. The lowest BCUT2D eigenvalue weighted by molar-refractivity contribution is 0.0996. The molecule has 1 aliphatic heterocycles. The monoisotopic (exact) mass is 472 g/mol. The van der Waals surface area contributed by atoms with Gasteiger partial charge in [-0.1, -0.05) is 35.0 Å². The van der Waals surface area contributed by atoms with E-state index in [0.717, 1.165) is 34.0 Å². The molecule has 2 aromatic heterocycles. The van der Waals surface area contributed by atoms with E-state index >= 15 is 0 Å². The number of thiophene rings is 1. The van der Waals surface area contributed by atoms with Crippen molar-refractivity contribution in [3.63, 3.8) is 0 Å². The molecule has 0 spiro atoms. The van der Waals surface area contributed by atoms with Gasteiger partial charge in [0, 0.05) is 14.9 Å². The van der Waals surface area contributed by atoms with Crippen LogP contribution in [-0.2, 0) is 0 Å². The highest BCUT2D eigenvalue weighted by Crippen LogP contribution is 2.41. The molecule has 6 heteroatoms. The summed E-state index contributed by atoms with van der Waals surface area (Å²) in [4.78, 5) is 16.4. The molecule has 1 aromatic carbocycles. The number of anilines is 1. The lowest BCUT2D eigenvalue weighted by Crippen LogP contribution is -2.37. The van der Waals surface area contributed by atoms with Crippen molar-refractivity contribution < 1.29 is 9.21 Å². The number of nitrogens with zero attached hydrogens (tertiary/aromatic N) is 1. The van der Waals surface area contributed by atoms with Crippen LogP contribution in [0.4, 0.5) is 5.00 Å². The van der Waals surface area contributed by atoms with E-state index < -0.39 is 0 Å². The van der Waals surface area contributed by atoms with E-state index in [1.807, 2.05) is 0 Å². The van der Waals surface area contributed by atoms with Crippen LogP contribution in [0.15, 0.2) is 57.6 Å². The number of likely N-dealkylation sites (tertiary alicyclic amines) is 1. The SMILES string of the molecule is Cc1cc(C(c2cccc(Br)c2)N2CCC(C)CC2)c(NC(=O)c2ccco2)s1. The van der Waals surface area contributed by atoms with Gasteiger partial charge in [-0.15, -0.1) is 11.3 Å². The van der Waals surface area contributed by atoms with Gasteiger partial charge < -0.3 is 9.73 Å². The Kier molecular flexibility index (Phi) is 6.23. The fraction of sp³-hybridized carbons (Fsp3) is 0.348. The number of hydrogen-bond acceptors (Lipinski definition) is 4. The second kappa shape index (κ2) is 8.86. The van der Waals surface area contributed by atoms with E-state index in [2.05, 4.69) is 70.3 Å². The zero-order valence-corrected chi connectivity index (χ0v) is 19.1. The van der Waals surface area contributed by atoms with Gasteiger partial charge in [-0.05, 0) is 74.7 Å². The summed E-state index contributed by atoms with van der Waals surface area (Å²) in [6.07, 6.45) is 3.91. The van der Waals surface area contributed by atoms with E-state index in [1.165, 1.54) is 29.5 Å². The molecule has 1 atom stereocenters. The number of nitrogens with one attached hydrogen (secondary N) is 1. The maximum absolute atomic E-state index is 12.6. The van der Waals surface area contributed by atoms with E-state index in [4.69, 9.17) is 4.42 Å². The number of rotatable bonds is 5. The standard InChI is InChI=1S/C23H25BrN2O2S/c1-15-8-10-26(11-9-15)21(17-5-3-6-18(24)14-17)19-13-16(2)29-23(19)25-22(27)20-7-4-12-28-20/h3-7,12-15,21H,8-11H2,1-2H3,(H,25,27). The van der Waals surface area contributed by atoms with Crippen molar-refractivity contribution in [2.24, 2.45) is 5.92 Å². The fourth-order valence-corrected chi connectivity index (χ4v) is 5.31. The number of piperidine rings is 1. The average Bonchev–Trinajstić information content (AvgIpc) is 3.34. The molecule has 1 N–H and O–H groups in total. The molecule has 4 nitrogen and oxygen atoms in total. The molecule has 3 heterocycles. The van der Waals surface area contributed by atoms with Crippen molar-refractivity contribution in [1.82, 2.24) is 4.90 Å². The molecule has 29 heavy (non-hydrogen) atoms. The Labute approximate surface area is 184 Å². The van der Waals surface area contributed by atoms with Gasteiger partial charge in [-0.3, -0.25) is 9.69 Å². The minimum Gasteiger partial charge on any atom is -0.459 e. The van der Waals surface area contributed by atoms with Crippen LogP contribution >= 0.6 is 27.3 Å². The first-order valence-electron chi connectivity index (χ1n) is 9.96. The van der Waals surface area contributed by atoms with Crippen molar-refractivity contribution >= 4 is 38.2 Å². The number of carbonyl (C=O) groups excluding carboxylic acids is 1. The highest BCUT2D eigenvalue weighted by molar-refractivity contribution is 9.10. The summed E-state index contributed by atoms with van der Waals surface area (Å²) < 4.78 is 6.35. The zero-order chi connectivity index (χ0) is 20.4. The first kappa shape index (κ1) is 20.4. The summed E-state index contributed by atoms with van der Waals surface area (Å²) in [5, 5.41) is 3.99. The molecular formula is C23H25BrN2O2S. The summed E-state index contributed by atoms with van der Waals surface area (Å²) in [5.74, 6) is 0.878. The zero-order valence-electron chi connectivity index (χ0n) is 16.7. The van der Waals surface area contributed by atoms with Gasteiger partial charge in [0.2, 0.25) is 0 Å². The number of hydrogen-bond donors (Lipinski definition) is 1. The van der Waals surface area contributed by atoms with Crippen LogP contribution < -0.4 is 5.32 Å². The van der Waals surface area contributed by atoms with Gasteiger partial charge in [0.05, 0.1) is 12.3 Å². The Bertz CT molecular complexity index is 975. The molecule has 0 aliphatic carbocycles. The fourth-order valence-electron chi connectivity index (χ4n) is 3.96. The van der Waals surface area contributed by atoms with Crippen LogP contribution in [0.1, 0.15) is 52.4 Å². The molecule has 1 unspecified atom stereocenters. The third kappa shape index (κ3) is 4.65. The first-order chi connectivity index (χ1) is 14.0. The third-order valence-corrected chi connectivity index (χ3v) is 6.97. The van der Waals surface area contributed by atoms with Crippen molar-refractivity contribution in [2.75, 3.05) is 18.4 Å². The highest BCUT2D eigenvalue weighted by Gasteiger charge is 2.29. The van der Waals surface area contributed by atoms with E-state index in [0.29, 0.717) is 5.76 Å². The van der Waals surface area contributed by atoms with Crippen LogP contribution in [0.25, 0.3) is 0 Å². The summed E-state index contributed by atoms with van der Waals surface area (Å²) in [7, 11) is 0. The molecule has 1 aliphatic rings. The van der Waals surface area contributed by atoms with E-state index in [1.54, 1.807) is 23.5 Å². The second-order valence-corrected chi connectivity index (χ2v) is 9.92. The molecule has 1 saturated heterocycles. The van der Waals surface area contributed by atoms with E-state index in [9.17, 15) is 4.79 Å². The lowest BCUT2D eigenvalue weighted by atomic mass is 9.93. The lowest BCUT2D eigenvalue weighted by Gasteiger charge is -2.37. The van der Waals surface area contributed by atoms with Crippen molar-refractivity contribution in [1.29, 1.82) is 0 Å². The van der Waals surface area contributed by atoms with Gasteiger partial charge in [0.25, 0.3) is 5.91 Å². The summed E-state index contributed by atoms with van der Waals surface area (Å²) >= 11 is 5.25. The van der Waals surface area contributed by atoms with Crippen LogP contribution in [0.5, 0.6) is 0 Å². The van der Waals surface area contributed by atoms with Crippen LogP contribution in [0.3, 0.4) is 0 Å². The Morgan fingerprint density at radius 3 is 2.72 bits per heavy atom. The Balaban J connectivity index is 1.71. The quantitative estimate of drug-likeness (QED) is 0.461. The van der Waals surface area contributed by atoms with Crippen molar-refractivity contribution in [2.45, 2.75) is 32.7 Å². The number of aryl methyl sites for hydroxylation is 1. The topological polar surface area (TPSA) is 45.5 Å². The molecular weight excluding hydrogens is 448 g/mol. The number of carbonyl (C=O) groups is 1. The molecule has 0 radical (unpaired) electrons. The average molecular weight is 473 g/mol. The minimum absolute atomic E-state index is 0.108. The van der Waals surface area contributed by atoms with Gasteiger partial charge in [-0.2, -0.15) is 0 Å². The molecule has 1 fully saturated rings. The van der Waals surface area contributed by atoms with Crippen LogP contribution in [0, 0.1) is 12.8 Å². The Morgan fingerprint density at radius 1 is 1.24 bits per heavy atom. The molecule has 1 amide bonds. The molecule has 152 valence electrons. The largest absolute Gasteiger partial charge is 0.459 e. The van der Waals surface area contributed by atoms with Gasteiger partial charge in [-0.25, -0.2) is 0 Å². The normalized spacial score (nSPS) is 16.7. The smallest absolute Gasteiger partial charge is 0.291 e. The molecule has 0 saturated carbocycles. The minimum atomic E-state index is -0.210. The van der Waals surface area contributed by atoms with Gasteiger partial charge >= 0.3 is 0 Å². The first-order valence-corrected chi connectivity index (χ1v) is 11.6. The van der Waals surface area contributed by atoms with Gasteiger partial charge in [0.15, 0.2) is 5.76 Å². The summed E-state index contributed by atoms with van der Waals surface area (Å²) in [6, 6.07) is 14.2. The van der Waals surface area contributed by atoms with Crippen LogP contribution in [-0.4, -0.2) is 23.9 Å². The van der Waals surface area contributed by atoms with Gasteiger partial charge in [0.1, 0.15) is 5.00 Å². The number of amides is 1. The van der Waals surface area contributed by atoms with Crippen molar-refractivity contribution in [3.05, 3.63) is 75.0 Å². The maximum atomic E-state index is 12.6. The van der Waals surface area contributed by atoms with Crippen molar-refractivity contribution in [3.8, 4) is 0 Å². The predicted molar refractivity (Wildman–Crippen MR) is 122 cm³/mol. The number of halogens is 1. The molecule has 3 aromatic rings. The molecule has 0 bridgehead atoms. The summed E-state index contributed by atoms with van der Waals surface area (Å²) in [6.45, 7) is 6.53. The number of benzene rings is 1.